The van der Waals surface area contributed by atoms with Crippen LogP contribution in [0.4, 0.5) is 5.82 Å². The highest BCUT2D eigenvalue weighted by atomic mass is 16.5. The highest BCUT2D eigenvalue weighted by Gasteiger charge is 2.25. The Hall–Kier alpha value is -2.58. The van der Waals surface area contributed by atoms with Crippen molar-refractivity contribution in [3.05, 3.63) is 41.1 Å². The lowest BCUT2D eigenvalue weighted by atomic mass is 9.90. The molecule has 0 bridgehead atoms. The second kappa shape index (κ2) is 6.27. The Bertz CT molecular complexity index is 779. The second-order valence-corrected chi connectivity index (χ2v) is 5.70. The maximum atomic E-state index is 9.62. The molecule has 0 atom stereocenters. The SMILES string of the molecule is CCOc1ccccc1-c1c(C#N)c(N)nc2c1CN(C)CC2. The first-order valence-electron chi connectivity index (χ1n) is 7.77. The Balaban J connectivity index is 2.30. The van der Waals surface area contributed by atoms with E-state index in [1.54, 1.807) is 0 Å². The average Bonchev–Trinajstić information content (AvgIpc) is 2.55. The minimum absolute atomic E-state index is 0.303. The summed E-state index contributed by atoms with van der Waals surface area (Å²) in [5, 5.41) is 9.62. The van der Waals surface area contributed by atoms with E-state index in [-0.39, 0.29) is 0 Å². The van der Waals surface area contributed by atoms with E-state index < -0.39 is 0 Å². The van der Waals surface area contributed by atoms with Crippen molar-refractivity contribution in [3.8, 4) is 22.9 Å². The van der Waals surface area contributed by atoms with E-state index in [4.69, 9.17) is 10.5 Å². The molecule has 3 rings (SSSR count). The number of ether oxygens (including phenoxy) is 1. The van der Waals surface area contributed by atoms with Gasteiger partial charge in [0.2, 0.25) is 0 Å². The van der Waals surface area contributed by atoms with Crippen LogP contribution in [0.15, 0.2) is 24.3 Å². The number of rotatable bonds is 3. The number of nitrogens with zero attached hydrogens (tertiary/aromatic N) is 3. The van der Waals surface area contributed by atoms with Crippen molar-refractivity contribution < 1.29 is 4.74 Å². The number of hydrogen-bond donors (Lipinski definition) is 1. The molecule has 0 unspecified atom stereocenters. The molecule has 118 valence electrons. The number of aromatic nitrogens is 1. The van der Waals surface area contributed by atoms with Crippen LogP contribution in [-0.2, 0) is 13.0 Å². The van der Waals surface area contributed by atoms with E-state index in [0.29, 0.717) is 18.0 Å². The third kappa shape index (κ3) is 2.73. The smallest absolute Gasteiger partial charge is 0.142 e. The van der Waals surface area contributed by atoms with Crippen LogP contribution in [0.25, 0.3) is 11.1 Å². The Morgan fingerprint density at radius 1 is 1.39 bits per heavy atom. The van der Waals surface area contributed by atoms with Gasteiger partial charge in [-0.1, -0.05) is 18.2 Å². The minimum atomic E-state index is 0.303. The molecule has 0 spiro atoms. The molecule has 23 heavy (non-hydrogen) atoms. The van der Waals surface area contributed by atoms with Gasteiger partial charge in [-0.25, -0.2) is 4.98 Å². The predicted octanol–water partition coefficient (Wildman–Crippen LogP) is 2.59. The van der Waals surface area contributed by atoms with Crippen LogP contribution in [0, 0.1) is 11.3 Å². The first kappa shape index (κ1) is 15.3. The monoisotopic (exact) mass is 308 g/mol. The molecule has 1 aliphatic heterocycles. The van der Waals surface area contributed by atoms with Crippen molar-refractivity contribution >= 4 is 5.82 Å². The average molecular weight is 308 g/mol. The molecule has 0 radical (unpaired) electrons. The van der Waals surface area contributed by atoms with Crippen molar-refractivity contribution in [2.75, 3.05) is 25.9 Å². The zero-order chi connectivity index (χ0) is 16.4. The Labute approximate surface area is 136 Å². The third-order valence-electron chi connectivity index (χ3n) is 4.14. The number of likely N-dealkylation sites (N-methyl/N-ethyl adjacent to an activating group) is 1. The molecule has 1 aromatic heterocycles. The number of benzene rings is 1. The summed E-state index contributed by atoms with van der Waals surface area (Å²) in [6.45, 7) is 4.22. The van der Waals surface area contributed by atoms with Gasteiger partial charge in [0.15, 0.2) is 0 Å². The van der Waals surface area contributed by atoms with Crippen molar-refractivity contribution in [2.45, 2.75) is 19.9 Å². The highest BCUT2D eigenvalue weighted by Crippen LogP contribution is 2.39. The number of anilines is 1. The second-order valence-electron chi connectivity index (χ2n) is 5.70. The lowest BCUT2D eigenvalue weighted by Crippen LogP contribution is -2.28. The molecular weight excluding hydrogens is 288 g/mol. The van der Waals surface area contributed by atoms with Crippen molar-refractivity contribution in [3.63, 3.8) is 0 Å². The molecule has 0 saturated heterocycles. The highest BCUT2D eigenvalue weighted by molar-refractivity contribution is 5.82. The van der Waals surface area contributed by atoms with Gasteiger partial charge in [0.1, 0.15) is 23.2 Å². The van der Waals surface area contributed by atoms with Crippen LogP contribution < -0.4 is 10.5 Å². The Morgan fingerprint density at radius 2 is 2.17 bits per heavy atom. The summed E-state index contributed by atoms with van der Waals surface area (Å²) in [6.07, 6.45) is 0.839. The summed E-state index contributed by atoms with van der Waals surface area (Å²) < 4.78 is 5.76. The van der Waals surface area contributed by atoms with Crippen molar-refractivity contribution in [1.29, 1.82) is 5.26 Å². The van der Waals surface area contributed by atoms with E-state index in [2.05, 4.69) is 23.0 Å². The van der Waals surface area contributed by atoms with Crippen LogP contribution >= 0.6 is 0 Å². The number of nitriles is 1. The van der Waals surface area contributed by atoms with Gasteiger partial charge in [-0.2, -0.15) is 5.26 Å². The van der Waals surface area contributed by atoms with E-state index in [0.717, 1.165) is 47.6 Å². The quantitative estimate of drug-likeness (QED) is 0.943. The first-order chi connectivity index (χ1) is 11.2. The Kier molecular flexibility index (Phi) is 4.18. The topological polar surface area (TPSA) is 75.2 Å². The number of hydrogen-bond acceptors (Lipinski definition) is 5. The molecule has 0 saturated carbocycles. The van der Waals surface area contributed by atoms with Gasteiger partial charge < -0.3 is 15.4 Å². The third-order valence-corrected chi connectivity index (χ3v) is 4.14. The zero-order valence-corrected chi connectivity index (χ0v) is 13.5. The normalized spacial score (nSPS) is 14.1. The summed E-state index contributed by atoms with van der Waals surface area (Å²) in [5.41, 5.74) is 10.3. The summed E-state index contributed by atoms with van der Waals surface area (Å²) in [6, 6.07) is 10.0. The zero-order valence-electron chi connectivity index (χ0n) is 13.5. The number of para-hydroxylation sites is 1. The molecule has 5 heteroatoms. The van der Waals surface area contributed by atoms with Crippen molar-refractivity contribution in [2.24, 2.45) is 0 Å². The van der Waals surface area contributed by atoms with E-state index in [1.165, 1.54) is 0 Å². The van der Waals surface area contributed by atoms with Gasteiger partial charge in [-0.3, -0.25) is 0 Å². The predicted molar refractivity (Wildman–Crippen MR) is 90.0 cm³/mol. The van der Waals surface area contributed by atoms with Gasteiger partial charge in [0.25, 0.3) is 0 Å². The van der Waals surface area contributed by atoms with Gasteiger partial charge in [-0.15, -0.1) is 0 Å². The summed E-state index contributed by atoms with van der Waals surface area (Å²) >= 11 is 0. The minimum Gasteiger partial charge on any atom is -0.493 e. The molecule has 1 aromatic carbocycles. The van der Waals surface area contributed by atoms with Crippen LogP contribution in [-0.4, -0.2) is 30.1 Å². The first-order valence-corrected chi connectivity index (χ1v) is 7.77. The fourth-order valence-corrected chi connectivity index (χ4v) is 3.08. The van der Waals surface area contributed by atoms with Crippen LogP contribution in [0.3, 0.4) is 0 Å². The van der Waals surface area contributed by atoms with Gasteiger partial charge in [0, 0.05) is 36.3 Å². The lowest BCUT2D eigenvalue weighted by Gasteiger charge is -2.28. The number of pyridine rings is 1. The maximum absolute atomic E-state index is 9.62. The largest absolute Gasteiger partial charge is 0.493 e. The fourth-order valence-electron chi connectivity index (χ4n) is 3.08. The Morgan fingerprint density at radius 3 is 2.91 bits per heavy atom. The van der Waals surface area contributed by atoms with Crippen LogP contribution in [0.5, 0.6) is 5.75 Å². The summed E-state index contributed by atoms with van der Waals surface area (Å²) in [4.78, 5) is 6.70. The molecule has 2 heterocycles. The molecular formula is C18H20N4O. The van der Waals surface area contributed by atoms with E-state index in [1.807, 2.05) is 31.2 Å². The van der Waals surface area contributed by atoms with Gasteiger partial charge >= 0.3 is 0 Å². The molecule has 0 fully saturated rings. The number of nitrogen functional groups attached to an aromatic ring is 1. The molecule has 0 amide bonds. The molecule has 2 aromatic rings. The fraction of sp³-hybridized carbons (Fsp3) is 0.333. The van der Waals surface area contributed by atoms with E-state index in [9.17, 15) is 5.26 Å². The number of nitrogens with two attached hydrogens (primary N) is 1. The van der Waals surface area contributed by atoms with E-state index >= 15 is 0 Å². The van der Waals surface area contributed by atoms with Gasteiger partial charge in [0.05, 0.1) is 6.61 Å². The summed E-state index contributed by atoms with van der Waals surface area (Å²) in [5.74, 6) is 1.07. The lowest BCUT2D eigenvalue weighted by molar-refractivity contribution is 0.310. The van der Waals surface area contributed by atoms with Crippen LogP contribution in [0.1, 0.15) is 23.7 Å². The molecule has 2 N–H and O–H groups in total. The van der Waals surface area contributed by atoms with Gasteiger partial charge in [-0.05, 0) is 25.6 Å². The molecule has 1 aliphatic rings. The van der Waals surface area contributed by atoms with Crippen molar-refractivity contribution in [1.82, 2.24) is 9.88 Å². The van der Waals surface area contributed by atoms with Crippen LogP contribution in [0.2, 0.25) is 0 Å². The number of fused-ring (bicyclic) bond motifs is 1. The summed E-state index contributed by atoms with van der Waals surface area (Å²) in [7, 11) is 2.07. The maximum Gasteiger partial charge on any atom is 0.142 e. The standard InChI is InChI=1S/C18H20N4O/c1-3-23-16-7-5-4-6-12(16)17-13(10-19)18(20)21-15-8-9-22(2)11-14(15)17/h4-7H,3,8-9,11H2,1-2H3,(H2,20,21). The molecule has 5 nitrogen and oxygen atoms in total. The molecule has 0 aliphatic carbocycles.